The smallest absolute Gasteiger partial charge is 0.169 e. The van der Waals surface area contributed by atoms with E-state index in [1.54, 1.807) is 12.1 Å². The number of rotatable bonds is 1. The molecule has 0 saturated heterocycles. The zero-order valence-electron chi connectivity index (χ0n) is 7.28. The second-order valence-electron chi connectivity index (χ2n) is 3.06. The number of aromatic nitrogens is 1. The molecule has 0 fully saturated rings. The fourth-order valence-electron chi connectivity index (χ4n) is 1.24. The Kier molecular flexibility index (Phi) is 1.88. The summed E-state index contributed by atoms with van der Waals surface area (Å²) in [5.41, 5.74) is 0.420. The van der Waals surface area contributed by atoms with E-state index < -0.39 is 0 Å². The molecule has 1 aliphatic rings. The average molecular weight is 178 g/mol. The number of ether oxygens (including phenoxy) is 1. The quantitative estimate of drug-likeness (QED) is 0.654. The first-order valence-electron chi connectivity index (χ1n) is 4.15. The molecule has 0 aliphatic carbocycles. The van der Waals surface area contributed by atoms with Gasteiger partial charge in [0.15, 0.2) is 17.9 Å². The normalized spacial score (nSPS) is 19.6. The number of carbonyl (C=O) groups excluding carboxylic acids is 1. The summed E-state index contributed by atoms with van der Waals surface area (Å²) >= 11 is 0. The third-order valence-corrected chi connectivity index (χ3v) is 1.87. The third-order valence-electron chi connectivity index (χ3n) is 1.87. The van der Waals surface area contributed by atoms with E-state index in [1.807, 2.05) is 6.92 Å². The van der Waals surface area contributed by atoms with E-state index in [0.717, 1.165) is 6.29 Å². The summed E-state index contributed by atoms with van der Waals surface area (Å²) in [6, 6.07) is 3.64. The second kappa shape index (κ2) is 3.05. The van der Waals surface area contributed by atoms with Gasteiger partial charge in [-0.05, 0) is 19.1 Å². The summed E-state index contributed by atoms with van der Waals surface area (Å²) in [5.74, 6) is 1.37. The highest BCUT2D eigenvalue weighted by Gasteiger charge is 2.16. The van der Waals surface area contributed by atoms with Gasteiger partial charge in [-0.2, -0.15) is 0 Å². The van der Waals surface area contributed by atoms with Gasteiger partial charge in [-0.25, -0.2) is 4.98 Å². The van der Waals surface area contributed by atoms with Crippen molar-refractivity contribution in [3.63, 3.8) is 0 Å². The first-order chi connectivity index (χ1) is 6.29. The monoisotopic (exact) mass is 178 g/mol. The van der Waals surface area contributed by atoms with Crippen LogP contribution in [-0.4, -0.2) is 23.9 Å². The van der Waals surface area contributed by atoms with Crippen LogP contribution in [0.5, 0.6) is 5.75 Å². The van der Waals surface area contributed by atoms with Gasteiger partial charge in [0.2, 0.25) is 0 Å². The summed E-state index contributed by atoms with van der Waals surface area (Å²) in [6.07, 6.45) is 0.723. The van der Waals surface area contributed by atoms with Gasteiger partial charge in [0.05, 0.1) is 6.04 Å². The molecule has 1 unspecified atom stereocenters. The molecule has 0 amide bonds. The lowest BCUT2D eigenvalue weighted by Gasteiger charge is -2.23. The van der Waals surface area contributed by atoms with Crippen molar-refractivity contribution in [3.05, 3.63) is 17.8 Å². The van der Waals surface area contributed by atoms with E-state index in [9.17, 15) is 4.79 Å². The Balaban J connectivity index is 2.38. The van der Waals surface area contributed by atoms with Gasteiger partial charge in [0, 0.05) is 0 Å². The van der Waals surface area contributed by atoms with Gasteiger partial charge >= 0.3 is 0 Å². The lowest BCUT2D eigenvalue weighted by atomic mass is 10.2. The van der Waals surface area contributed by atoms with Crippen LogP contribution in [0, 0.1) is 0 Å². The van der Waals surface area contributed by atoms with E-state index in [4.69, 9.17) is 4.74 Å². The molecule has 4 heteroatoms. The van der Waals surface area contributed by atoms with Crippen molar-refractivity contribution in [2.45, 2.75) is 13.0 Å². The van der Waals surface area contributed by atoms with E-state index in [2.05, 4.69) is 10.3 Å². The highest BCUT2D eigenvalue weighted by atomic mass is 16.5. The minimum absolute atomic E-state index is 0.238. The minimum Gasteiger partial charge on any atom is -0.488 e. The predicted molar refractivity (Wildman–Crippen MR) is 48.2 cm³/mol. The van der Waals surface area contributed by atoms with Crippen molar-refractivity contribution in [2.24, 2.45) is 0 Å². The molecular weight excluding hydrogens is 168 g/mol. The van der Waals surface area contributed by atoms with Gasteiger partial charge < -0.3 is 10.1 Å². The Morgan fingerprint density at radius 3 is 3.31 bits per heavy atom. The molecule has 0 spiro atoms. The maximum absolute atomic E-state index is 10.4. The number of pyridine rings is 1. The summed E-state index contributed by atoms with van der Waals surface area (Å²) < 4.78 is 5.39. The van der Waals surface area contributed by atoms with Crippen molar-refractivity contribution in [1.82, 2.24) is 4.98 Å². The SMILES string of the molecule is CC1COc2ccc(C=O)nc2N1. The number of hydrogen-bond acceptors (Lipinski definition) is 4. The predicted octanol–water partition coefficient (Wildman–Crippen LogP) is 1.09. The molecule has 1 atom stereocenters. The minimum atomic E-state index is 0.238. The zero-order valence-corrected chi connectivity index (χ0v) is 7.28. The van der Waals surface area contributed by atoms with E-state index >= 15 is 0 Å². The summed E-state index contributed by atoms with van der Waals surface area (Å²) in [5, 5.41) is 3.14. The van der Waals surface area contributed by atoms with Crippen LogP contribution in [-0.2, 0) is 0 Å². The first-order valence-corrected chi connectivity index (χ1v) is 4.15. The highest BCUT2D eigenvalue weighted by molar-refractivity contribution is 5.73. The van der Waals surface area contributed by atoms with Crippen molar-refractivity contribution in [3.8, 4) is 5.75 Å². The lowest BCUT2D eigenvalue weighted by molar-refractivity contribution is 0.111. The maximum Gasteiger partial charge on any atom is 0.169 e. The van der Waals surface area contributed by atoms with Crippen LogP contribution < -0.4 is 10.1 Å². The van der Waals surface area contributed by atoms with Crippen LogP contribution in [0.4, 0.5) is 5.82 Å². The number of fused-ring (bicyclic) bond motifs is 1. The Morgan fingerprint density at radius 1 is 1.69 bits per heavy atom. The molecule has 1 aromatic heterocycles. The fourth-order valence-corrected chi connectivity index (χ4v) is 1.24. The topological polar surface area (TPSA) is 51.2 Å². The van der Waals surface area contributed by atoms with Gasteiger partial charge in [0.1, 0.15) is 12.3 Å². The van der Waals surface area contributed by atoms with E-state index in [1.165, 1.54) is 0 Å². The number of nitrogens with one attached hydrogen (secondary N) is 1. The summed E-state index contributed by atoms with van der Waals surface area (Å²) in [6.45, 7) is 2.63. The maximum atomic E-state index is 10.4. The molecule has 1 N–H and O–H groups in total. The standard InChI is InChI=1S/C9H10N2O2/c1-6-5-13-8-3-2-7(4-12)11-9(8)10-6/h2-4,6H,5H2,1H3,(H,10,11). The Hall–Kier alpha value is -1.58. The first kappa shape index (κ1) is 8.04. The second-order valence-corrected chi connectivity index (χ2v) is 3.06. The average Bonchev–Trinajstić information content (AvgIpc) is 2.16. The van der Waals surface area contributed by atoms with Gasteiger partial charge in [0.25, 0.3) is 0 Å². The van der Waals surface area contributed by atoms with Crippen molar-refractivity contribution in [2.75, 3.05) is 11.9 Å². The lowest BCUT2D eigenvalue weighted by Crippen LogP contribution is -2.29. The van der Waals surface area contributed by atoms with E-state index in [-0.39, 0.29) is 6.04 Å². The van der Waals surface area contributed by atoms with Gasteiger partial charge in [-0.15, -0.1) is 0 Å². The molecule has 13 heavy (non-hydrogen) atoms. The van der Waals surface area contributed by atoms with Crippen molar-refractivity contribution in [1.29, 1.82) is 0 Å². The number of aldehydes is 1. The van der Waals surface area contributed by atoms with Crippen LogP contribution in [0.25, 0.3) is 0 Å². The molecule has 2 rings (SSSR count). The molecule has 0 radical (unpaired) electrons. The van der Waals surface area contributed by atoms with Crippen LogP contribution in [0.2, 0.25) is 0 Å². The Bertz CT molecular complexity index is 338. The Labute approximate surface area is 75.9 Å². The molecule has 68 valence electrons. The Morgan fingerprint density at radius 2 is 2.54 bits per heavy atom. The number of hydrogen-bond donors (Lipinski definition) is 1. The van der Waals surface area contributed by atoms with Crippen LogP contribution in [0.3, 0.4) is 0 Å². The van der Waals surface area contributed by atoms with Crippen molar-refractivity contribution < 1.29 is 9.53 Å². The largest absolute Gasteiger partial charge is 0.488 e. The number of nitrogens with zero attached hydrogens (tertiary/aromatic N) is 1. The van der Waals surface area contributed by atoms with Gasteiger partial charge in [-0.1, -0.05) is 0 Å². The number of carbonyl (C=O) groups is 1. The molecule has 2 heterocycles. The van der Waals surface area contributed by atoms with Crippen LogP contribution in [0.15, 0.2) is 12.1 Å². The molecule has 0 aromatic carbocycles. The molecule has 4 nitrogen and oxygen atoms in total. The van der Waals surface area contributed by atoms with Crippen LogP contribution in [0.1, 0.15) is 17.4 Å². The van der Waals surface area contributed by atoms with Crippen molar-refractivity contribution >= 4 is 12.1 Å². The molecular formula is C9H10N2O2. The third kappa shape index (κ3) is 1.47. The van der Waals surface area contributed by atoms with Crippen LogP contribution >= 0.6 is 0 Å². The highest BCUT2D eigenvalue weighted by Crippen LogP contribution is 2.26. The molecule has 0 saturated carbocycles. The fraction of sp³-hybridized carbons (Fsp3) is 0.333. The number of anilines is 1. The summed E-state index contributed by atoms with van der Waals surface area (Å²) in [4.78, 5) is 14.5. The van der Waals surface area contributed by atoms with E-state index in [0.29, 0.717) is 23.9 Å². The molecule has 0 bridgehead atoms. The molecule has 1 aliphatic heterocycles. The zero-order chi connectivity index (χ0) is 9.26. The molecule has 1 aromatic rings. The summed E-state index contributed by atoms with van der Waals surface area (Å²) in [7, 11) is 0. The van der Waals surface area contributed by atoms with Gasteiger partial charge in [-0.3, -0.25) is 4.79 Å².